The fourth-order valence-electron chi connectivity index (χ4n) is 5.49. The van der Waals surface area contributed by atoms with Gasteiger partial charge in [0.2, 0.25) is 0 Å². The normalized spacial score (nSPS) is 46.5. The van der Waals surface area contributed by atoms with E-state index in [1.54, 1.807) is 0 Å². The molecule has 0 aliphatic heterocycles. The maximum Gasteiger partial charge on any atom is 0.0700 e. The predicted molar refractivity (Wildman–Crippen MR) is 68.0 cm³/mol. The van der Waals surface area contributed by atoms with Gasteiger partial charge in [0.05, 0.1) is 11.5 Å². The molecule has 0 saturated heterocycles. The van der Waals surface area contributed by atoms with Crippen molar-refractivity contribution in [3.8, 4) is 6.07 Å². The summed E-state index contributed by atoms with van der Waals surface area (Å²) < 4.78 is 0. The van der Waals surface area contributed by atoms with E-state index in [0.29, 0.717) is 12.0 Å². The minimum absolute atomic E-state index is 0.286. The van der Waals surface area contributed by atoms with Crippen LogP contribution in [-0.2, 0) is 0 Å². The van der Waals surface area contributed by atoms with Gasteiger partial charge in [0.1, 0.15) is 0 Å². The first-order valence-electron chi connectivity index (χ1n) is 7.18. The van der Waals surface area contributed by atoms with Crippen molar-refractivity contribution in [1.29, 1.82) is 5.26 Å². The van der Waals surface area contributed by atoms with Crippen molar-refractivity contribution in [2.24, 2.45) is 34.3 Å². The van der Waals surface area contributed by atoms with Gasteiger partial charge >= 0.3 is 0 Å². The molecule has 4 aliphatic rings. The lowest BCUT2D eigenvalue weighted by Gasteiger charge is -2.58. The van der Waals surface area contributed by atoms with Crippen LogP contribution in [0.2, 0.25) is 0 Å². The van der Waals surface area contributed by atoms with Gasteiger partial charge in [-0.2, -0.15) is 5.26 Å². The smallest absolute Gasteiger partial charge is 0.0700 e. The van der Waals surface area contributed by atoms with Crippen LogP contribution in [0.1, 0.15) is 51.9 Å². The summed E-state index contributed by atoms with van der Waals surface area (Å²) in [5, 5.41) is 9.36. The van der Waals surface area contributed by atoms with Crippen LogP contribution in [0, 0.1) is 39.9 Å². The highest BCUT2D eigenvalue weighted by Gasteiger charge is 2.52. The zero-order valence-corrected chi connectivity index (χ0v) is 10.9. The van der Waals surface area contributed by atoms with E-state index in [1.807, 2.05) is 0 Å². The van der Waals surface area contributed by atoms with Crippen molar-refractivity contribution in [3.05, 3.63) is 0 Å². The summed E-state index contributed by atoms with van der Waals surface area (Å²) in [6.45, 7) is 2.58. The first kappa shape index (κ1) is 11.5. The van der Waals surface area contributed by atoms with E-state index in [9.17, 15) is 5.26 Å². The maximum atomic E-state index is 9.36. The molecule has 1 atom stereocenters. The van der Waals surface area contributed by atoms with E-state index < -0.39 is 0 Å². The molecule has 0 aromatic heterocycles. The number of rotatable bonds is 3. The second-order valence-corrected chi connectivity index (χ2v) is 7.47. The van der Waals surface area contributed by atoms with Crippen LogP contribution in [0.25, 0.3) is 0 Å². The largest absolute Gasteiger partial charge is 0.329 e. The van der Waals surface area contributed by atoms with Crippen LogP contribution in [0.15, 0.2) is 0 Å². The molecule has 4 rings (SSSR count). The van der Waals surface area contributed by atoms with Crippen molar-refractivity contribution in [1.82, 2.24) is 0 Å². The summed E-state index contributed by atoms with van der Waals surface area (Å²) in [6.07, 6.45) is 9.64. The van der Waals surface area contributed by atoms with Crippen LogP contribution >= 0.6 is 0 Å². The molecule has 2 heteroatoms. The van der Waals surface area contributed by atoms with E-state index in [0.717, 1.165) is 24.2 Å². The zero-order chi connectivity index (χ0) is 12.1. The Morgan fingerprint density at radius 2 is 1.65 bits per heavy atom. The molecule has 0 aromatic carbocycles. The molecule has 0 radical (unpaired) electrons. The molecule has 0 spiro atoms. The fraction of sp³-hybridized carbons (Fsp3) is 0.933. The lowest BCUT2D eigenvalue weighted by Crippen LogP contribution is -2.48. The lowest BCUT2D eigenvalue weighted by molar-refractivity contribution is -0.0695. The first-order chi connectivity index (χ1) is 8.06. The SMILES string of the molecule is CC(C#N)(CN)CC12CC3CC(CC(C3)C1)C2. The quantitative estimate of drug-likeness (QED) is 0.813. The van der Waals surface area contributed by atoms with Crippen LogP contribution in [-0.4, -0.2) is 6.54 Å². The average Bonchev–Trinajstić information content (AvgIpc) is 2.26. The summed E-state index contributed by atoms with van der Waals surface area (Å²) in [5.74, 6) is 2.92. The Kier molecular flexibility index (Phi) is 2.52. The van der Waals surface area contributed by atoms with Crippen molar-refractivity contribution in [2.75, 3.05) is 6.54 Å². The monoisotopic (exact) mass is 232 g/mol. The number of nitrogens with two attached hydrogens (primary N) is 1. The Morgan fingerprint density at radius 3 is 2.00 bits per heavy atom. The van der Waals surface area contributed by atoms with Crippen molar-refractivity contribution < 1.29 is 0 Å². The number of hydrogen-bond donors (Lipinski definition) is 1. The lowest BCUT2D eigenvalue weighted by atomic mass is 9.47. The van der Waals surface area contributed by atoms with Gasteiger partial charge in [-0.15, -0.1) is 0 Å². The van der Waals surface area contributed by atoms with E-state index >= 15 is 0 Å². The third-order valence-electron chi connectivity index (χ3n) is 5.65. The molecule has 4 fully saturated rings. The van der Waals surface area contributed by atoms with E-state index in [-0.39, 0.29) is 5.41 Å². The zero-order valence-electron chi connectivity index (χ0n) is 10.9. The Bertz CT molecular complexity index is 319. The van der Waals surface area contributed by atoms with Crippen LogP contribution < -0.4 is 5.73 Å². The van der Waals surface area contributed by atoms with Gasteiger partial charge in [-0.1, -0.05) is 0 Å². The molecule has 4 aliphatic carbocycles. The van der Waals surface area contributed by atoms with Gasteiger partial charge in [0.15, 0.2) is 0 Å². The number of hydrogen-bond acceptors (Lipinski definition) is 2. The Morgan fingerprint density at radius 1 is 1.18 bits per heavy atom. The second kappa shape index (κ2) is 3.72. The van der Waals surface area contributed by atoms with Crippen LogP contribution in [0.3, 0.4) is 0 Å². The minimum atomic E-state index is -0.286. The molecule has 17 heavy (non-hydrogen) atoms. The summed E-state index contributed by atoms with van der Waals surface area (Å²) >= 11 is 0. The maximum absolute atomic E-state index is 9.36. The highest BCUT2D eigenvalue weighted by atomic mass is 14.6. The van der Waals surface area contributed by atoms with Crippen molar-refractivity contribution >= 4 is 0 Å². The number of nitrogens with zero attached hydrogens (tertiary/aromatic N) is 1. The number of nitriles is 1. The molecular weight excluding hydrogens is 208 g/mol. The van der Waals surface area contributed by atoms with Gasteiger partial charge in [0, 0.05) is 6.54 Å². The molecular formula is C15H24N2. The second-order valence-electron chi connectivity index (χ2n) is 7.47. The Hall–Kier alpha value is -0.550. The van der Waals surface area contributed by atoms with Crippen molar-refractivity contribution in [3.63, 3.8) is 0 Å². The molecule has 0 heterocycles. The summed E-state index contributed by atoms with van der Waals surface area (Å²) in [4.78, 5) is 0. The van der Waals surface area contributed by atoms with E-state index in [1.165, 1.54) is 38.5 Å². The van der Waals surface area contributed by atoms with Gasteiger partial charge in [-0.3, -0.25) is 0 Å². The Balaban J connectivity index is 1.81. The van der Waals surface area contributed by atoms with Gasteiger partial charge in [-0.05, 0) is 75.0 Å². The first-order valence-corrected chi connectivity index (χ1v) is 7.18. The van der Waals surface area contributed by atoms with E-state index in [2.05, 4.69) is 13.0 Å². The van der Waals surface area contributed by atoms with Crippen molar-refractivity contribution in [2.45, 2.75) is 51.9 Å². The molecule has 1 unspecified atom stereocenters. The topological polar surface area (TPSA) is 49.8 Å². The van der Waals surface area contributed by atoms with Crippen LogP contribution in [0.4, 0.5) is 0 Å². The third kappa shape index (κ3) is 1.89. The summed E-state index contributed by atoms with van der Waals surface area (Å²) in [5.41, 5.74) is 6.02. The summed E-state index contributed by atoms with van der Waals surface area (Å²) in [6, 6.07) is 2.48. The predicted octanol–water partition coefficient (Wildman–Crippen LogP) is 3.08. The molecule has 0 amide bonds. The molecule has 0 aromatic rings. The highest BCUT2D eigenvalue weighted by molar-refractivity contribution is 5.07. The molecule has 2 nitrogen and oxygen atoms in total. The van der Waals surface area contributed by atoms with Gasteiger partial charge in [-0.25, -0.2) is 0 Å². The molecule has 94 valence electrons. The minimum Gasteiger partial charge on any atom is -0.329 e. The average molecular weight is 232 g/mol. The molecule has 4 bridgehead atoms. The summed E-state index contributed by atoms with van der Waals surface area (Å²) in [7, 11) is 0. The van der Waals surface area contributed by atoms with Gasteiger partial charge < -0.3 is 5.73 Å². The highest BCUT2D eigenvalue weighted by Crippen LogP contribution is 2.62. The standard InChI is InChI=1S/C15H24N2/c1-14(9-16,10-17)8-15-5-11-2-12(6-15)4-13(3-11)7-15/h11-13H,2-9,16H2,1H3. The molecule has 2 N–H and O–H groups in total. The third-order valence-corrected chi connectivity index (χ3v) is 5.65. The Labute approximate surface area is 105 Å². The van der Waals surface area contributed by atoms with E-state index in [4.69, 9.17) is 5.73 Å². The van der Waals surface area contributed by atoms with Crippen LogP contribution in [0.5, 0.6) is 0 Å². The fourth-order valence-corrected chi connectivity index (χ4v) is 5.49. The van der Waals surface area contributed by atoms with Gasteiger partial charge in [0.25, 0.3) is 0 Å². The molecule has 4 saturated carbocycles.